The predicted molar refractivity (Wildman–Crippen MR) is 70.7 cm³/mol. The topological polar surface area (TPSA) is 32.5 Å². The normalized spacial score (nSPS) is 21.0. The van der Waals surface area contributed by atoms with Gasteiger partial charge in [0, 0.05) is 19.1 Å². The van der Waals surface area contributed by atoms with Crippen LogP contribution in [0.3, 0.4) is 0 Å². The van der Waals surface area contributed by atoms with Crippen molar-refractivity contribution in [3.05, 3.63) is 0 Å². The zero-order chi connectivity index (χ0) is 11.8. The Morgan fingerprint density at radius 1 is 1.06 bits per heavy atom. The summed E-state index contributed by atoms with van der Waals surface area (Å²) in [6.07, 6.45) is 5.52. The van der Waals surface area contributed by atoms with Crippen molar-refractivity contribution in [2.45, 2.75) is 45.6 Å². The summed E-state index contributed by atoms with van der Waals surface area (Å²) in [6.45, 7) is 11.2. The molecule has 0 radical (unpaired) electrons. The number of likely N-dealkylation sites (tertiary alicyclic amines) is 1. The van der Waals surface area contributed by atoms with Gasteiger partial charge in [0.15, 0.2) is 0 Å². The highest BCUT2D eigenvalue weighted by atomic mass is 15.2. The van der Waals surface area contributed by atoms with Gasteiger partial charge in [-0.15, -0.1) is 0 Å². The molecule has 96 valence electrons. The molecule has 1 fully saturated rings. The maximum atomic E-state index is 5.94. The summed E-state index contributed by atoms with van der Waals surface area (Å²) in [5.41, 5.74) is 5.94. The van der Waals surface area contributed by atoms with Gasteiger partial charge in [-0.1, -0.05) is 26.7 Å². The first-order chi connectivity index (χ1) is 7.81. The van der Waals surface area contributed by atoms with Gasteiger partial charge in [-0.2, -0.15) is 0 Å². The highest BCUT2D eigenvalue weighted by molar-refractivity contribution is 4.77. The van der Waals surface area contributed by atoms with Crippen molar-refractivity contribution in [3.63, 3.8) is 0 Å². The van der Waals surface area contributed by atoms with Crippen molar-refractivity contribution in [2.75, 3.05) is 39.3 Å². The molecule has 1 aliphatic rings. The highest BCUT2D eigenvalue weighted by Crippen LogP contribution is 2.12. The van der Waals surface area contributed by atoms with E-state index in [1.54, 1.807) is 0 Å². The van der Waals surface area contributed by atoms with Crippen LogP contribution in [0.15, 0.2) is 0 Å². The number of hydrogen-bond acceptors (Lipinski definition) is 3. The van der Waals surface area contributed by atoms with Gasteiger partial charge in [-0.05, 0) is 39.0 Å². The van der Waals surface area contributed by atoms with Crippen LogP contribution in [-0.2, 0) is 0 Å². The molecule has 1 saturated heterocycles. The highest BCUT2D eigenvalue weighted by Gasteiger charge is 2.19. The lowest BCUT2D eigenvalue weighted by Crippen LogP contribution is -2.48. The Morgan fingerprint density at radius 3 is 2.06 bits per heavy atom. The molecular formula is C13H29N3. The van der Waals surface area contributed by atoms with Crippen LogP contribution in [0.1, 0.15) is 39.5 Å². The van der Waals surface area contributed by atoms with E-state index in [1.165, 1.54) is 38.8 Å². The number of nitrogens with two attached hydrogens (primary N) is 1. The Morgan fingerprint density at radius 2 is 1.62 bits per heavy atom. The number of hydrogen-bond donors (Lipinski definition) is 1. The van der Waals surface area contributed by atoms with Crippen molar-refractivity contribution in [1.29, 1.82) is 0 Å². The molecular weight excluding hydrogens is 198 g/mol. The van der Waals surface area contributed by atoms with E-state index in [0.717, 1.165) is 26.2 Å². The molecule has 0 bridgehead atoms. The molecule has 1 atom stereocenters. The van der Waals surface area contributed by atoms with Crippen molar-refractivity contribution in [1.82, 2.24) is 9.80 Å². The molecule has 0 spiro atoms. The SMILES string of the molecule is CCN(CC)CC(CN)N1CCCCCC1. The van der Waals surface area contributed by atoms with Gasteiger partial charge < -0.3 is 10.6 Å². The molecule has 1 aliphatic heterocycles. The van der Waals surface area contributed by atoms with Crippen LogP contribution in [0.4, 0.5) is 0 Å². The predicted octanol–water partition coefficient (Wildman–Crippen LogP) is 1.53. The molecule has 1 rings (SSSR count). The molecule has 16 heavy (non-hydrogen) atoms. The first kappa shape index (κ1) is 13.9. The third kappa shape index (κ3) is 4.40. The largest absolute Gasteiger partial charge is 0.329 e. The van der Waals surface area contributed by atoms with Crippen LogP contribution in [0.5, 0.6) is 0 Å². The van der Waals surface area contributed by atoms with Crippen LogP contribution in [0.25, 0.3) is 0 Å². The van der Waals surface area contributed by atoms with E-state index in [9.17, 15) is 0 Å². The Bertz CT molecular complexity index is 161. The second-order valence-electron chi connectivity index (χ2n) is 4.83. The van der Waals surface area contributed by atoms with Gasteiger partial charge >= 0.3 is 0 Å². The molecule has 0 saturated carbocycles. The van der Waals surface area contributed by atoms with Gasteiger partial charge in [-0.3, -0.25) is 4.90 Å². The summed E-state index contributed by atoms with van der Waals surface area (Å²) in [6, 6.07) is 0.568. The van der Waals surface area contributed by atoms with E-state index >= 15 is 0 Å². The quantitative estimate of drug-likeness (QED) is 0.747. The molecule has 2 N–H and O–H groups in total. The van der Waals surface area contributed by atoms with Gasteiger partial charge in [-0.25, -0.2) is 0 Å². The van der Waals surface area contributed by atoms with E-state index < -0.39 is 0 Å². The lowest BCUT2D eigenvalue weighted by atomic mass is 10.2. The Hall–Kier alpha value is -0.120. The fraction of sp³-hybridized carbons (Fsp3) is 1.00. The molecule has 1 heterocycles. The van der Waals surface area contributed by atoms with Crippen LogP contribution in [0, 0.1) is 0 Å². The lowest BCUT2D eigenvalue weighted by molar-refractivity contribution is 0.151. The van der Waals surface area contributed by atoms with Gasteiger partial charge in [0.2, 0.25) is 0 Å². The van der Waals surface area contributed by atoms with E-state index in [4.69, 9.17) is 5.73 Å². The maximum Gasteiger partial charge on any atom is 0.0345 e. The molecule has 1 unspecified atom stereocenters. The van der Waals surface area contributed by atoms with E-state index in [2.05, 4.69) is 23.6 Å². The summed E-state index contributed by atoms with van der Waals surface area (Å²) in [4.78, 5) is 5.10. The molecule has 0 amide bonds. The Labute approximate surface area is 101 Å². The van der Waals surface area contributed by atoms with Crippen molar-refractivity contribution in [3.8, 4) is 0 Å². The standard InChI is InChI=1S/C13H29N3/c1-3-15(4-2)12-13(11-14)16-9-7-5-6-8-10-16/h13H,3-12,14H2,1-2H3. The van der Waals surface area contributed by atoms with Crippen LogP contribution < -0.4 is 5.73 Å². The van der Waals surface area contributed by atoms with Gasteiger partial charge in [0.1, 0.15) is 0 Å². The second kappa shape index (κ2) is 8.04. The average molecular weight is 227 g/mol. The summed E-state index contributed by atoms with van der Waals surface area (Å²) in [7, 11) is 0. The average Bonchev–Trinajstić information content (AvgIpc) is 2.60. The Kier molecular flexibility index (Phi) is 7.01. The monoisotopic (exact) mass is 227 g/mol. The smallest absolute Gasteiger partial charge is 0.0345 e. The van der Waals surface area contributed by atoms with Crippen molar-refractivity contribution < 1.29 is 0 Å². The molecule has 3 heteroatoms. The molecule has 0 aromatic carbocycles. The zero-order valence-corrected chi connectivity index (χ0v) is 11.1. The molecule has 0 aromatic rings. The third-order valence-corrected chi connectivity index (χ3v) is 3.79. The summed E-state index contributed by atoms with van der Waals surface area (Å²) in [5, 5.41) is 0. The minimum atomic E-state index is 0.568. The maximum absolute atomic E-state index is 5.94. The summed E-state index contributed by atoms with van der Waals surface area (Å²) >= 11 is 0. The first-order valence-corrected chi connectivity index (χ1v) is 6.98. The number of nitrogens with zero attached hydrogens (tertiary/aromatic N) is 2. The number of likely N-dealkylation sites (N-methyl/N-ethyl adjacent to an activating group) is 1. The second-order valence-corrected chi connectivity index (χ2v) is 4.83. The van der Waals surface area contributed by atoms with Crippen LogP contribution >= 0.6 is 0 Å². The molecule has 0 aliphatic carbocycles. The van der Waals surface area contributed by atoms with Gasteiger partial charge in [0.25, 0.3) is 0 Å². The van der Waals surface area contributed by atoms with E-state index in [-0.39, 0.29) is 0 Å². The minimum Gasteiger partial charge on any atom is -0.329 e. The van der Waals surface area contributed by atoms with E-state index in [0.29, 0.717) is 6.04 Å². The summed E-state index contributed by atoms with van der Waals surface area (Å²) in [5.74, 6) is 0. The molecule has 0 aromatic heterocycles. The van der Waals surface area contributed by atoms with Crippen molar-refractivity contribution >= 4 is 0 Å². The van der Waals surface area contributed by atoms with Gasteiger partial charge in [0.05, 0.1) is 0 Å². The lowest BCUT2D eigenvalue weighted by Gasteiger charge is -2.33. The Balaban J connectivity index is 2.44. The zero-order valence-electron chi connectivity index (χ0n) is 11.1. The fourth-order valence-corrected chi connectivity index (χ4v) is 2.58. The summed E-state index contributed by atoms with van der Waals surface area (Å²) < 4.78 is 0. The van der Waals surface area contributed by atoms with Crippen LogP contribution in [0.2, 0.25) is 0 Å². The fourth-order valence-electron chi connectivity index (χ4n) is 2.58. The molecule has 3 nitrogen and oxygen atoms in total. The van der Waals surface area contributed by atoms with Crippen molar-refractivity contribution in [2.24, 2.45) is 5.73 Å². The minimum absolute atomic E-state index is 0.568. The van der Waals surface area contributed by atoms with E-state index in [1.807, 2.05) is 0 Å². The van der Waals surface area contributed by atoms with Crippen LogP contribution in [-0.4, -0.2) is 55.1 Å². The number of rotatable bonds is 6. The third-order valence-electron chi connectivity index (χ3n) is 3.79. The first-order valence-electron chi connectivity index (χ1n) is 6.98.